The second-order valence-corrected chi connectivity index (χ2v) is 6.88. The predicted molar refractivity (Wildman–Crippen MR) is 88.7 cm³/mol. The molecule has 1 aromatic rings. The van der Waals surface area contributed by atoms with Crippen molar-refractivity contribution in [1.82, 2.24) is 9.80 Å². The molecule has 2 amide bonds. The van der Waals surface area contributed by atoms with E-state index >= 15 is 0 Å². The van der Waals surface area contributed by atoms with Crippen molar-refractivity contribution in [2.75, 3.05) is 31.5 Å². The van der Waals surface area contributed by atoms with Gasteiger partial charge in [-0.05, 0) is 50.1 Å². The number of benzene rings is 1. The highest BCUT2D eigenvalue weighted by Crippen LogP contribution is 2.23. The Balaban J connectivity index is 1.61. The number of urea groups is 1. The normalized spacial score (nSPS) is 22.8. The Morgan fingerprint density at radius 3 is 2.95 bits per heavy atom. The maximum atomic E-state index is 12.4. The first kappa shape index (κ1) is 14.9. The summed E-state index contributed by atoms with van der Waals surface area (Å²) in [5.74, 6) is 0. The quantitative estimate of drug-likeness (QED) is 0.840. The molecule has 2 heterocycles. The van der Waals surface area contributed by atoms with Gasteiger partial charge in [0.05, 0.1) is 0 Å². The first-order valence-electron chi connectivity index (χ1n) is 7.69. The van der Waals surface area contributed by atoms with Gasteiger partial charge in [-0.1, -0.05) is 22.4 Å². The van der Waals surface area contributed by atoms with E-state index in [4.69, 9.17) is 0 Å². The molecule has 114 valence electrons. The van der Waals surface area contributed by atoms with Crippen LogP contribution in [0.3, 0.4) is 0 Å². The molecule has 3 rings (SSSR count). The first-order valence-corrected chi connectivity index (χ1v) is 8.49. The van der Waals surface area contributed by atoms with Crippen LogP contribution in [0, 0.1) is 6.92 Å². The SMILES string of the molecule is Cc1cc(NC(=O)N2CCN3CCCC[C@@H]3C2)ccc1Br. The van der Waals surface area contributed by atoms with E-state index in [0.717, 1.165) is 35.4 Å². The Hall–Kier alpha value is -1.07. The van der Waals surface area contributed by atoms with Gasteiger partial charge in [-0.3, -0.25) is 4.90 Å². The van der Waals surface area contributed by atoms with Gasteiger partial charge < -0.3 is 10.2 Å². The minimum atomic E-state index is 0.0296. The number of piperazine rings is 1. The largest absolute Gasteiger partial charge is 0.322 e. The fourth-order valence-electron chi connectivity index (χ4n) is 3.27. The monoisotopic (exact) mass is 351 g/mol. The summed E-state index contributed by atoms with van der Waals surface area (Å²) in [7, 11) is 0. The smallest absolute Gasteiger partial charge is 0.321 e. The summed E-state index contributed by atoms with van der Waals surface area (Å²) < 4.78 is 1.07. The van der Waals surface area contributed by atoms with Gasteiger partial charge in [0.15, 0.2) is 0 Å². The van der Waals surface area contributed by atoms with Crippen molar-refractivity contribution in [2.45, 2.75) is 32.2 Å². The Morgan fingerprint density at radius 2 is 2.14 bits per heavy atom. The van der Waals surface area contributed by atoms with Crippen LogP contribution in [0.25, 0.3) is 0 Å². The standard InChI is InChI=1S/C16H22BrN3O/c1-12-10-13(5-6-15(12)17)18-16(21)20-9-8-19-7-3-2-4-14(19)11-20/h5-6,10,14H,2-4,7-9,11H2,1H3,(H,18,21)/t14-/m1/s1. The molecule has 0 aliphatic carbocycles. The van der Waals surface area contributed by atoms with Crippen LogP contribution in [0.4, 0.5) is 10.5 Å². The molecule has 0 radical (unpaired) electrons. The molecule has 21 heavy (non-hydrogen) atoms. The Labute approximate surface area is 134 Å². The molecule has 1 N–H and O–H groups in total. The molecule has 1 atom stereocenters. The highest BCUT2D eigenvalue weighted by atomic mass is 79.9. The summed E-state index contributed by atoms with van der Waals surface area (Å²) in [6, 6.07) is 6.50. The average molecular weight is 352 g/mol. The highest BCUT2D eigenvalue weighted by molar-refractivity contribution is 9.10. The van der Waals surface area contributed by atoms with Crippen molar-refractivity contribution in [2.24, 2.45) is 0 Å². The topological polar surface area (TPSA) is 35.6 Å². The Kier molecular flexibility index (Phi) is 4.50. The molecule has 2 saturated heterocycles. The Bertz CT molecular complexity index is 534. The number of rotatable bonds is 1. The van der Waals surface area contributed by atoms with Crippen molar-refractivity contribution in [3.63, 3.8) is 0 Å². The van der Waals surface area contributed by atoms with Crippen LogP contribution < -0.4 is 5.32 Å². The molecular weight excluding hydrogens is 330 g/mol. The van der Waals surface area contributed by atoms with Crippen molar-refractivity contribution in [3.05, 3.63) is 28.2 Å². The predicted octanol–water partition coefficient (Wildman–Crippen LogP) is 3.46. The maximum Gasteiger partial charge on any atom is 0.321 e. The van der Waals surface area contributed by atoms with Gasteiger partial charge in [0.1, 0.15) is 0 Å². The number of carbonyl (C=O) groups excluding carboxylic acids is 1. The zero-order valence-electron chi connectivity index (χ0n) is 12.4. The van der Waals surface area contributed by atoms with Crippen molar-refractivity contribution < 1.29 is 4.79 Å². The second-order valence-electron chi connectivity index (χ2n) is 6.03. The van der Waals surface area contributed by atoms with Gasteiger partial charge in [-0.2, -0.15) is 0 Å². The molecular formula is C16H22BrN3O. The second kappa shape index (κ2) is 6.36. The molecule has 1 aromatic carbocycles. The van der Waals surface area contributed by atoms with Gasteiger partial charge in [0, 0.05) is 35.8 Å². The molecule has 0 aromatic heterocycles. The summed E-state index contributed by atoms with van der Waals surface area (Å²) in [6.45, 7) is 5.93. The van der Waals surface area contributed by atoms with Crippen LogP contribution in [-0.4, -0.2) is 48.1 Å². The van der Waals surface area contributed by atoms with E-state index in [1.165, 1.54) is 25.8 Å². The molecule has 0 bridgehead atoms. The van der Waals surface area contributed by atoms with Gasteiger partial charge in [-0.15, -0.1) is 0 Å². The van der Waals surface area contributed by atoms with E-state index in [1.807, 2.05) is 30.0 Å². The highest BCUT2D eigenvalue weighted by Gasteiger charge is 2.30. The lowest BCUT2D eigenvalue weighted by Crippen LogP contribution is -2.56. The third-order valence-electron chi connectivity index (χ3n) is 4.53. The van der Waals surface area contributed by atoms with Crippen molar-refractivity contribution in [1.29, 1.82) is 0 Å². The first-order chi connectivity index (χ1) is 10.1. The molecule has 2 aliphatic heterocycles. The summed E-state index contributed by atoms with van der Waals surface area (Å²) in [5.41, 5.74) is 2.00. The number of piperidine rings is 1. The lowest BCUT2D eigenvalue weighted by molar-refractivity contribution is 0.0678. The zero-order chi connectivity index (χ0) is 14.8. The summed E-state index contributed by atoms with van der Waals surface area (Å²) in [6.07, 6.45) is 3.82. The van der Waals surface area contributed by atoms with E-state index in [9.17, 15) is 4.79 Å². The van der Waals surface area contributed by atoms with Crippen LogP contribution in [0.2, 0.25) is 0 Å². The minimum absolute atomic E-state index is 0.0296. The van der Waals surface area contributed by atoms with Crippen LogP contribution in [0.15, 0.2) is 22.7 Å². The molecule has 2 fully saturated rings. The molecule has 0 spiro atoms. The summed E-state index contributed by atoms with van der Waals surface area (Å²) in [4.78, 5) is 16.9. The Morgan fingerprint density at radius 1 is 1.29 bits per heavy atom. The fourth-order valence-corrected chi connectivity index (χ4v) is 3.51. The number of aryl methyl sites for hydroxylation is 1. The maximum absolute atomic E-state index is 12.4. The van der Waals surface area contributed by atoms with Crippen LogP contribution >= 0.6 is 15.9 Å². The molecule has 4 nitrogen and oxygen atoms in total. The minimum Gasteiger partial charge on any atom is -0.322 e. The molecule has 2 aliphatic rings. The number of hydrogen-bond acceptors (Lipinski definition) is 2. The van der Waals surface area contributed by atoms with E-state index in [0.29, 0.717) is 6.04 Å². The molecule has 0 saturated carbocycles. The number of carbonyl (C=O) groups is 1. The van der Waals surface area contributed by atoms with Gasteiger partial charge in [-0.25, -0.2) is 4.79 Å². The van der Waals surface area contributed by atoms with E-state index in [-0.39, 0.29) is 6.03 Å². The summed E-state index contributed by atoms with van der Waals surface area (Å²) >= 11 is 3.48. The number of anilines is 1. The van der Waals surface area contributed by atoms with Crippen molar-refractivity contribution >= 4 is 27.6 Å². The van der Waals surface area contributed by atoms with Crippen LogP contribution in [0.5, 0.6) is 0 Å². The number of nitrogens with zero attached hydrogens (tertiary/aromatic N) is 2. The number of hydrogen-bond donors (Lipinski definition) is 1. The number of nitrogens with one attached hydrogen (secondary N) is 1. The van der Waals surface area contributed by atoms with E-state index in [2.05, 4.69) is 26.1 Å². The fraction of sp³-hybridized carbons (Fsp3) is 0.562. The van der Waals surface area contributed by atoms with E-state index in [1.54, 1.807) is 0 Å². The third kappa shape index (κ3) is 3.40. The van der Waals surface area contributed by atoms with Gasteiger partial charge in [0.25, 0.3) is 0 Å². The van der Waals surface area contributed by atoms with Gasteiger partial charge in [0.2, 0.25) is 0 Å². The van der Waals surface area contributed by atoms with Gasteiger partial charge >= 0.3 is 6.03 Å². The number of fused-ring (bicyclic) bond motifs is 1. The van der Waals surface area contributed by atoms with Crippen LogP contribution in [-0.2, 0) is 0 Å². The molecule has 0 unspecified atom stereocenters. The van der Waals surface area contributed by atoms with Crippen molar-refractivity contribution in [3.8, 4) is 0 Å². The van der Waals surface area contributed by atoms with Crippen LogP contribution in [0.1, 0.15) is 24.8 Å². The van der Waals surface area contributed by atoms with E-state index < -0.39 is 0 Å². The molecule has 5 heteroatoms. The zero-order valence-corrected chi connectivity index (χ0v) is 14.0. The number of halogens is 1. The lowest BCUT2D eigenvalue weighted by atomic mass is 10.00. The third-order valence-corrected chi connectivity index (χ3v) is 5.42. The number of amides is 2. The summed E-state index contributed by atoms with van der Waals surface area (Å²) in [5, 5.41) is 3.02. The average Bonchev–Trinajstić information content (AvgIpc) is 2.50. The lowest BCUT2D eigenvalue weighted by Gasteiger charge is -2.43.